The van der Waals surface area contributed by atoms with Gasteiger partial charge in [0.2, 0.25) is 0 Å². The van der Waals surface area contributed by atoms with Gasteiger partial charge in [-0.25, -0.2) is 4.39 Å². The lowest BCUT2D eigenvalue weighted by Crippen LogP contribution is -2.47. The average Bonchev–Trinajstić information content (AvgIpc) is 2.27. The molecule has 0 aliphatic heterocycles. The first-order chi connectivity index (χ1) is 8.43. The highest BCUT2D eigenvalue weighted by Crippen LogP contribution is 2.38. The molecule has 19 heavy (non-hydrogen) atoms. The van der Waals surface area contributed by atoms with Gasteiger partial charge in [0.05, 0.1) is 7.18 Å². The molecule has 0 saturated heterocycles. The Morgan fingerprint density at radius 3 is 1.79 bits per heavy atom. The predicted octanol–water partition coefficient (Wildman–Crippen LogP) is 3.84. The molecular formula is C8H9F9O2. The molecule has 0 saturated carbocycles. The first kappa shape index (κ1) is 20.2. The Kier molecular flexibility index (Phi) is 7.93. The van der Waals surface area contributed by atoms with E-state index in [9.17, 15) is 39.5 Å². The second-order valence-electron chi connectivity index (χ2n) is 2.74. The van der Waals surface area contributed by atoms with Crippen molar-refractivity contribution >= 4 is 0 Å². The first-order valence-electron chi connectivity index (χ1n) is 4.18. The third kappa shape index (κ3) is 7.13. The van der Waals surface area contributed by atoms with Crippen LogP contribution >= 0.6 is 0 Å². The van der Waals surface area contributed by atoms with Crippen molar-refractivity contribution in [3.05, 3.63) is 12.6 Å². The SMILES string of the molecule is C=C(F)OC(F)(F)C(F)(F)COC(F)(F)CF.CF. The Labute approximate surface area is 101 Å². The molecule has 0 atom stereocenters. The topological polar surface area (TPSA) is 18.5 Å². The van der Waals surface area contributed by atoms with Crippen molar-refractivity contribution in [1.82, 2.24) is 0 Å². The molecule has 116 valence electrons. The fourth-order valence-electron chi connectivity index (χ4n) is 0.533. The van der Waals surface area contributed by atoms with Gasteiger partial charge < -0.3 is 9.47 Å². The summed E-state index contributed by atoms with van der Waals surface area (Å²) in [5, 5.41) is 0. The zero-order valence-electron chi connectivity index (χ0n) is 9.34. The minimum atomic E-state index is -5.45. The molecule has 0 spiro atoms. The number of alkyl halides is 8. The third-order valence-electron chi connectivity index (χ3n) is 1.28. The molecule has 0 aliphatic rings. The second kappa shape index (κ2) is 7.46. The molecule has 0 aliphatic carbocycles. The molecule has 0 fully saturated rings. The lowest BCUT2D eigenvalue weighted by molar-refractivity contribution is -0.368. The van der Waals surface area contributed by atoms with Gasteiger partial charge in [0.15, 0.2) is 6.67 Å². The highest BCUT2D eigenvalue weighted by Gasteiger charge is 2.61. The molecule has 0 radical (unpaired) electrons. The maximum absolute atomic E-state index is 12.6. The van der Waals surface area contributed by atoms with E-state index in [1.165, 1.54) is 0 Å². The Bertz CT molecular complexity index is 279. The number of hydrogen-bond acceptors (Lipinski definition) is 2. The Hall–Kier alpha value is -1.13. The molecule has 0 amide bonds. The largest absolute Gasteiger partial charge is 0.468 e. The Morgan fingerprint density at radius 1 is 1.05 bits per heavy atom. The summed E-state index contributed by atoms with van der Waals surface area (Å²) in [7, 11) is 0.500. The molecule has 2 nitrogen and oxygen atoms in total. The van der Waals surface area contributed by atoms with Crippen molar-refractivity contribution in [3.63, 3.8) is 0 Å². The van der Waals surface area contributed by atoms with Gasteiger partial charge in [-0.3, -0.25) is 4.39 Å². The molecule has 0 rings (SSSR count). The van der Waals surface area contributed by atoms with Crippen LogP contribution < -0.4 is 0 Å². The van der Waals surface area contributed by atoms with Crippen molar-refractivity contribution in [2.75, 3.05) is 20.5 Å². The van der Waals surface area contributed by atoms with Crippen molar-refractivity contribution in [2.24, 2.45) is 0 Å². The molecule has 0 aromatic rings. The Morgan fingerprint density at radius 2 is 1.47 bits per heavy atom. The van der Waals surface area contributed by atoms with E-state index >= 15 is 0 Å². The van der Waals surface area contributed by atoms with Crippen molar-refractivity contribution in [3.8, 4) is 0 Å². The molecule has 11 heteroatoms. The van der Waals surface area contributed by atoms with E-state index in [2.05, 4.69) is 16.1 Å². The fraction of sp³-hybridized carbons (Fsp3) is 0.750. The van der Waals surface area contributed by atoms with Crippen LogP contribution in [0.25, 0.3) is 0 Å². The highest BCUT2D eigenvalue weighted by atomic mass is 19.3. The standard InChI is InChI=1S/C7H6F8O2.CH3F/c1-4(9)17-7(14,15)5(10,11)3-16-6(12,13)2-8;1-2/h1-3H2;1H3. The van der Waals surface area contributed by atoms with Crippen molar-refractivity contribution in [1.29, 1.82) is 0 Å². The van der Waals surface area contributed by atoms with E-state index < -0.39 is 37.4 Å². The van der Waals surface area contributed by atoms with Gasteiger partial charge >= 0.3 is 18.1 Å². The summed E-state index contributed by atoms with van der Waals surface area (Å²) in [6.07, 6.45) is -10.1. The van der Waals surface area contributed by atoms with Crippen LogP contribution in [0.1, 0.15) is 0 Å². The first-order valence-corrected chi connectivity index (χ1v) is 4.18. The zero-order valence-corrected chi connectivity index (χ0v) is 9.34. The summed E-state index contributed by atoms with van der Waals surface area (Å²) in [6.45, 7) is -2.92. The summed E-state index contributed by atoms with van der Waals surface area (Å²) in [4.78, 5) is 0. The minimum absolute atomic E-state index is 0.500. The van der Waals surface area contributed by atoms with E-state index in [4.69, 9.17) is 0 Å². The van der Waals surface area contributed by atoms with Crippen LogP contribution in [0.3, 0.4) is 0 Å². The molecule has 0 N–H and O–H groups in total. The normalized spacial score (nSPS) is 12.5. The molecule has 0 aromatic heterocycles. The molecule has 0 unspecified atom stereocenters. The molecule has 0 aromatic carbocycles. The van der Waals surface area contributed by atoms with Gasteiger partial charge in [-0.2, -0.15) is 30.7 Å². The van der Waals surface area contributed by atoms with Gasteiger partial charge in [-0.05, 0) is 6.58 Å². The number of ether oxygens (including phenoxy) is 2. The van der Waals surface area contributed by atoms with Crippen LogP contribution in [0.2, 0.25) is 0 Å². The number of halogens is 9. The van der Waals surface area contributed by atoms with E-state index in [1.807, 2.05) is 0 Å². The second-order valence-corrected chi connectivity index (χ2v) is 2.74. The van der Waals surface area contributed by atoms with Gasteiger partial charge in [0, 0.05) is 0 Å². The van der Waals surface area contributed by atoms with Crippen LogP contribution in [0, 0.1) is 0 Å². The van der Waals surface area contributed by atoms with Crippen LogP contribution in [0.4, 0.5) is 39.5 Å². The smallest absolute Gasteiger partial charge is 0.402 e. The van der Waals surface area contributed by atoms with Crippen LogP contribution in [0.5, 0.6) is 0 Å². The maximum atomic E-state index is 12.6. The molecule has 0 heterocycles. The predicted molar refractivity (Wildman–Crippen MR) is 45.1 cm³/mol. The fourth-order valence-corrected chi connectivity index (χ4v) is 0.533. The van der Waals surface area contributed by atoms with Gasteiger partial charge in [-0.1, -0.05) is 0 Å². The van der Waals surface area contributed by atoms with Gasteiger partial charge in [-0.15, -0.1) is 0 Å². The van der Waals surface area contributed by atoms with Gasteiger partial charge in [0.1, 0.15) is 6.61 Å². The van der Waals surface area contributed by atoms with Crippen LogP contribution in [-0.2, 0) is 9.47 Å². The minimum Gasteiger partial charge on any atom is -0.402 e. The van der Waals surface area contributed by atoms with E-state index in [-0.39, 0.29) is 0 Å². The molecular weight excluding hydrogens is 299 g/mol. The van der Waals surface area contributed by atoms with E-state index in [0.29, 0.717) is 7.18 Å². The summed E-state index contributed by atoms with van der Waals surface area (Å²) in [5.74, 6) is -5.29. The number of rotatable bonds is 7. The molecule has 0 bridgehead atoms. The average molecular weight is 308 g/mol. The van der Waals surface area contributed by atoms with E-state index in [0.717, 1.165) is 0 Å². The monoisotopic (exact) mass is 308 g/mol. The highest BCUT2D eigenvalue weighted by molar-refractivity contribution is 4.81. The number of hydrogen-bond donors (Lipinski definition) is 0. The van der Waals surface area contributed by atoms with E-state index in [1.54, 1.807) is 0 Å². The quantitative estimate of drug-likeness (QED) is 0.525. The van der Waals surface area contributed by atoms with Crippen molar-refractivity contribution in [2.45, 2.75) is 18.1 Å². The summed E-state index contributed by atoms with van der Waals surface area (Å²) >= 11 is 0. The zero-order chi connectivity index (χ0) is 15.9. The third-order valence-corrected chi connectivity index (χ3v) is 1.28. The maximum Gasteiger partial charge on any atom is 0.468 e. The Balaban J connectivity index is 0. The summed E-state index contributed by atoms with van der Waals surface area (Å²) in [6, 6.07) is -2.24. The van der Waals surface area contributed by atoms with Gasteiger partial charge in [0.25, 0.3) is 6.01 Å². The lowest BCUT2D eigenvalue weighted by atomic mass is 10.3. The summed E-state index contributed by atoms with van der Waals surface area (Å²) < 4.78 is 112. The van der Waals surface area contributed by atoms with Crippen molar-refractivity contribution < 1.29 is 49.0 Å². The van der Waals surface area contributed by atoms with Crippen LogP contribution in [0.15, 0.2) is 12.6 Å². The lowest BCUT2D eigenvalue weighted by Gasteiger charge is -2.26. The van der Waals surface area contributed by atoms with Crippen LogP contribution in [-0.4, -0.2) is 38.6 Å². The summed E-state index contributed by atoms with van der Waals surface area (Å²) in [5.41, 5.74) is 0.